The van der Waals surface area contributed by atoms with Crippen molar-refractivity contribution in [2.45, 2.75) is 6.92 Å². The number of carbonyl (C=O) groups excluding carboxylic acids is 1. The number of ketones is 1. The number of amidine groups is 1. The molecule has 0 radical (unpaired) electrons. The van der Waals surface area contributed by atoms with Crippen LogP contribution in [0.2, 0.25) is 0 Å². The molecule has 1 aliphatic heterocycles. The zero-order valence-electron chi connectivity index (χ0n) is 13.7. The van der Waals surface area contributed by atoms with E-state index < -0.39 is 11.6 Å². The number of phenolic OH excluding ortho intramolecular Hbond substituents is 1. The third-order valence-corrected chi connectivity index (χ3v) is 3.87. The first-order valence-corrected chi connectivity index (χ1v) is 7.85. The molecule has 0 spiro atoms. The molecule has 2 N–H and O–H groups in total. The highest BCUT2D eigenvalue weighted by molar-refractivity contribution is 6.09. The Hall–Kier alpha value is -3.61. The lowest BCUT2D eigenvalue weighted by molar-refractivity contribution is 0.102. The summed E-state index contributed by atoms with van der Waals surface area (Å²) in [6.07, 6.45) is 1.84. The van der Waals surface area contributed by atoms with Crippen LogP contribution < -0.4 is 5.32 Å². The number of halogens is 1. The zero-order chi connectivity index (χ0) is 18.3. The minimum atomic E-state index is -0.454. The Kier molecular flexibility index (Phi) is 3.69. The highest BCUT2D eigenvalue weighted by Gasteiger charge is 2.17. The molecule has 0 fully saturated rings. The highest BCUT2D eigenvalue weighted by atomic mass is 19.1. The fourth-order valence-corrected chi connectivity index (χ4v) is 2.59. The Balaban J connectivity index is 1.86. The molecular formula is C19H13FN4O2. The number of aliphatic imine (C=N–C) groups is 1. The number of phenols is 1. The van der Waals surface area contributed by atoms with Crippen LogP contribution in [0, 0.1) is 5.82 Å². The molecule has 1 aliphatic rings. The van der Waals surface area contributed by atoms with Gasteiger partial charge in [-0.25, -0.2) is 19.4 Å². The Morgan fingerprint density at radius 1 is 1.15 bits per heavy atom. The van der Waals surface area contributed by atoms with Gasteiger partial charge in [-0.3, -0.25) is 4.79 Å². The van der Waals surface area contributed by atoms with Gasteiger partial charge in [-0.2, -0.15) is 0 Å². The number of hydrogen-bond donors (Lipinski definition) is 2. The molecule has 128 valence electrons. The normalized spacial score (nSPS) is 14.7. The van der Waals surface area contributed by atoms with Crippen LogP contribution in [0.25, 0.3) is 10.9 Å². The van der Waals surface area contributed by atoms with E-state index in [1.54, 1.807) is 6.07 Å². The summed E-state index contributed by atoms with van der Waals surface area (Å²) in [5.41, 5.74) is 1.63. The Bertz CT molecular complexity index is 1100. The van der Waals surface area contributed by atoms with Gasteiger partial charge in [0.05, 0.1) is 5.52 Å². The van der Waals surface area contributed by atoms with Crippen LogP contribution >= 0.6 is 0 Å². The fraction of sp³-hybridized carbons (Fsp3) is 0.0526. The molecular weight excluding hydrogens is 335 g/mol. The van der Waals surface area contributed by atoms with Crippen LogP contribution in [0.1, 0.15) is 23.1 Å². The molecule has 2 aromatic carbocycles. The zero-order valence-corrected chi connectivity index (χ0v) is 13.7. The number of aromatic hydroxyl groups is 1. The molecule has 4 rings (SSSR count). The van der Waals surface area contributed by atoms with E-state index in [4.69, 9.17) is 0 Å². The minimum Gasteiger partial charge on any atom is -0.508 e. The third kappa shape index (κ3) is 2.90. The summed E-state index contributed by atoms with van der Waals surface area (Å²) in [5.74, 6) is -0.00904. The lowest BCUT2D eigenvalue weighted by Crippen LogP contribution is -2.29. The lowest BCUT2D eigenvalue weighted by Gasteiger charge is -2.16. The third-order valence-electron chi connectivity index (χ3n) is 3.87. The predicted octanol–water partition coefficient (Wildman–Crippen LogP) is 3.24. The average Bonchev–Trinajstić information content (AvgIpc) is 2.60. The highest BCUT2D eigenvalue weighted by Crippen LogP contribution is 2.27. The molecule has 0 atom stereocenters. The maximum atomic E-state index is 13.1. The molecule has 7 heteroatoms. The van der Waals surface area contributed by atoms with Crippen molar-refractivity contribution >= 4 is 28.3 Å². The predicted molar refractivity (Wildman–Crippen MR) is 95.0 cm³/mol. The summed E-state index contributed by atoms with van der Waals surface area (Å²) in [4.78, 5) is 25.6. The van der Waals surface area contributed by atoms with Crippen LogP contribution in [0.4, 0.5) is 10.2 Å². The Morgan fingerprint density at radius 2 is 1.88 bits per heavy atom. The summed E-state index contributed by atoms with van der Waals surface area (Å²) in [6, 6.07) is 9.74. The number of carbonyl (C=O) groups is 1. The van der Waals surface area contributed by atoms with Crippen LogP contribution in [-0.4, -0.2) is 26.7 Å². The summed E-state index contributed by atoms with van der Waals surface area (Å²) in [6.45, 7) is 1.90. The maximum Gasteiger partial charge on any atom is 0.230 e. The number of nitrogens with one attached hydrogen (secondary N) is 1. The number of hydrogen-bond acceptors (Lipinski definition) is 5. The van der Waals surface area contributed by atoms with Crippen molar-refractivity contribution in [2.24, 2.45) is 4.99 Å². The molecule has 1 aromatic heterocycles. The topological polar surface area (TPSA) is 87.5 Å². The Labute approximate surface area is 147 Å². The molecule has 0 amide bonds. The minimum absolute atomic E-state index is 0.0208. The summed E-state index contributed by atoms with van der Waals surface area (Å²) < 4.78 is 13.1. The van der Waals surface area contributed by atoms with E-state index in [1.807, 2.05) is 13.0 Å². The first-order chi connectivity index (χ1) is 12.5. The van der Waals surface area contributed by atoms with E-state index in [-0.39, 0.29) is 17.1 Å². The van der Waals surface area contributed by atoms with Gasteiger partial charge in [-0.05, 0) is 49.4 Å². The van der Waals surface area contributed by atoms with Crippen molar-refractivity contribution in [1.82, 2.24) is 15.3 Å². The lowest BCUT2D eigenvalue weighted by atomic mass is 10.1. The second-order valence-corrected chi connectivity index (χ2v) is 5.86. The van der Waals surface area contributed by atoms with Gasteiger partial charge in [0, 0.05) is 22.7 Å². The van der Waals surface area contributed by atoms with Crippen molar-refractivity contribution in [3.8, 4) is 5.75 Å². The first kappa shape index (κ1) is 15.9. The van der Waals surface area contributed by atoms with Gasteiger partial charge in [0.2, 0.25) is 11.6 Å². The molecule has 6 nitrogen and oxygen atoms in total. The van der Waals surface area contributed by atoms with E-state index in [2.05, 4.69) is 20.3 Å². The number of allylic oxidation sites excluding steroid dienone is 1. The van der Waals surface area contributed by atoms with Crippen LogP contribution in [0.15, 0.2) is 59.2 Å². The Morgan fingerprint density at radius 3 is 2.58 bits per heavy atom. The van der Waals surface area contributed by atoms with Crippen LogP contribution in [0.5, 0.6) is 5.75 Å². The molecule has 3 aromatic rings. The van der Waals surface area contributed by atoms with Crippen molar-refractivity contribution in [2.75, 3.05) is 0 Å². The van der Waals surface area contributed by atoms with Gasteiger partial charge in [0.15, 0.2) is 5.82 Å². The fourth-order valence-electron chi connectivity index (χ4n) is 2.59. The van der Waals surface area contributed by atoms with Gasteiger partial charge in [-0.15, -0.1) is 0 Å². The van der Waals surface area contributed by atoms with Crippen molar-refractivity contribution < 1.29 is 14.3 Å². The second-order valence-electron chi connectivity index (χ2n) is 5.86. The van der Waals surface area contributed by atoms with Gasteiger partial charge < -0.3 is 10.4 Å². The monoisotopic (exact) mass is 348 g/mol. The van der Waals surface area contributed by atoms with Gasteiger partial charge >= 0.3 is 0 Å². The quantitative estimate of drug-likeness (QED) is 0.710. The van der Waals surface area contributed by atoms with E-state index in [0.717, 1.165) is 5.70 Å². The average molecular weight is 348 g/mol. The largest absolute Gasteiger partial charge is 0.508 e. The summed E-state index contributed by atoms with van der Waals surface area (Å²) in [5, 5.41) is 13.4. The van der Waals surface area contributed by atoms with Crippen LogP contribution in [0.3, 0.4) is 0 Å². The number of aromatic nitrogens is 2. The number of nitrogens with zero attached hydrogens (tertiary/aromatic N) is 3. The molecule has 26 heavy (non-hydrogen) atoms. The molecule has 0 aliphatic carbocycles. The maximum absolute atomic E-state index is 13.1. The van der Waals surface area contributed by atoms with Gasteiger partial charge in [0.25, 0.3) is 0 Å². The summed E-state index contributed by atoms with van der Waals surface area (Å²) >= 11 is 0. The number of rotatable bonds is 3. The van der Waals surface area contributed by atoms with E-state index in [9.17, 15) is 14.3 Å². The van der Waals surface area contributed by atoms with Gasteiger partial charge in [0.1, 0.15) is 17.4 Å². The van der Waals surface area contributed by atoms with E-state index in [0.29, 0.717) is 22.6 Å². The molecule has 0 saturated carbocycles. The second kappa shape index (κ2) is 6.03. The molecule has 2 heterocycles. The number of benzene rings is 2. The SMILES string of the molecule is CC1=CC(=Nc2nc(C(=O)c3ccc(F)cc3)nc3cc(O)ccc23)N1. The van der Waals surface area contributed by atoms with Crippen molar-refractivity contribution in [1.29, 1.82) is 0 Å². The number of fused-ring (bicyclic) bond motifs is 1. The van der Waals surface area contributed by atoms with Crippen molar-refractivity contribution in [3.63, 3.8) is 0 Å². The molecule has 0 bridgehead atoms. The molecule has 0 saturated heterocycles. The van der Waals surface area contributed by atoms with Crippen LogP contribution in [-0.2, 0) is 0 Å². The smallest absolute Gasteiger partial charge is 0.230 e. The van der Waals surface area contributed by atoms with E-state index >= 15 is 0 Å². The van der Waals surface area contributed by atoms with Gasteiger partial charge in [-0.1, -0.05) is 0 Å². The molecule has 0 unspecified atom stereocenters. The standard InChI is InChI=1S/C19H13FN4O2/c1-10-8-16(21-10)23-18-14-7-6-13(25)9-15(14)22-19(24-18)17(26)11-2-4-12(20)5-3-11/h2-9,25H,1H3,(H,21,22,23,24). The van der Waals surface area contributed by atoms with E-state index in [1.165, 1.54) is 36.4 Å². The summed E-state index contributed by atoms with van der Waals surface area (Å²) in [7, 11) is 0. The van der Waals surface area contributed by atoms with Crippen molar-refractivity contribution in [3.05, 3.63) is 71.4 Å². The first-order valence-electron chi connectivity index (χ1n) is 7.85.